The molecule has 0 aliphatic carbocycles. The highest BCUT2D eigenvalue weighted by Gasteiger charge is 2.01. The maximum Gasteiger partial charge on any atom is 0.308 e. The molecule has 0 saturated heterocycles. The summed E-state index contributed by atoms with van der Waals surface area (Å²) >= 11 is 0. The average Bonchev–Trinajstić information content (AvgIpc) is 1.67. The summed E-state index contributed by atoms with van der Waals surface area (Å²) in [5.41, 5.74) is 0. The SMILES string of the molecule is C=COS(=O)(=O)CC. The Morgan fingerprint density at radius 1 is 1.75 bits per heavy atom. The summed E-state index contributed by atoms with van der Waals surface area (Å²) < 4.78 is 24.7. The van der Waals surface area contributed by atoms with E-state index in [1.165, 1.54) is 6.92 Å². The van der Waals surface area contributed by atoms with Crippen LogP contribution in [0.3, 0.4) is 0 Å². The van der Waals surface area contributed by atoms with Crippen LogP contribution in [0.15, 0.2) is 12.8 Å². The molecule has 0 aliphatic heterocycles. The number of hydrogen-bond acceptors (Lipinski definition) is 3. The van der Waals surface area contributed by atoms with Gasteiger partial charge in [0.15, 0.2) is 0 Å². The molecule has 0 saturated carbocycles. The van der Waals surface area contributed by atoms with Gasteiger partial charge in [0.05, 0.1) is 12.0 Å². The molecule has 4 heteroatoms. The van der Waals surface area contributed by atoms with Gasteiger partial charge in [0.1, 0.15) is 0 Å². The van der Waals surface area contributed by atoms with E-state index >= 15 is 0 Å². The van der Waals surface area contributed by atoms with E-state index in [2.05, 4.69) is 10.8 Å². The minimum Gasteiger partial charge on any atom is -0.391 e. The maximum atomic E-state index is 10.3. The third-order valence-corrected chi connectivity index (χ3v) is 1.70. The summed E-state index contributed by atoms with van der Waals surface area (Å²) in [4.78, 5) is 0. The highest BCUT2D eigenvalue weighted by Crippen LogP contribution is 1.89. The molecule has 0 atom stereocenters. The summed E-state index contributed by atoms with van der Waals surface area (Å²) in [5, 5.41) is 0. The zero-order valence-electron chi connectivity index (χ0n) is 4.62. The molecule has 8 heavy (non-hydrogen) atoms. The summed E-state index contributed by atoms with van der Waals surface area (Å²) in [6.45, 7) is 4.59. The van der Waals surface area contributed by atoms with Crippen molar-refractivity contribution in [1.29, 1.82) is 0 Å². The monoisotopic (exact) mass is 136 g/mol. The Morgan fingerprint density at radius 3 is 2.38 bits per heavy atom. The largest absolute Gasteiger partial charge is 0.391 e. The Bertz CT molecular complexity index is 156. The summed E-state index contributed by atoms with van der Waals surface area (Å²) in [7, 11) is -3.29. The molecule has 0 radical (unpaired) electrons. The molecule has 0 rings (SSSR count). The van der Waals surface area contributed by atoms with Crippen molar-refractivity contribution in [2.45, 2.75) is 6.92 Å². The van der Waals surface area contributed by atoms with Gasteiger partial charge in [0, 0.05) is 0 Å². The second-order valence-corrected chi connectivity index (χ2v) is 2.99. The average molecular weight is 136 g/mol. The smallest absolute Gasteiger partial charge is 0.308 e. The highest BCUT2D eigenvalue weighted by molar-refractivity contribution is 7.86. The Morgan fingerprint density at radius 2 is 2.25 bits per heavy atom. The van der Waals surface area contributed by atoms with E-state index in [9.17, 15) is 8.42 Å². The van der Waals surface area contributed by atoms with Gasteiger partial charge in [-0.2, -0.15) is 8.42 Å². The third-order valence-electron chi connectivity index (χ3n) is 0.568. The van der Waals surface area contributed by atoms with E-state index in [0.717, 1.165) is 6.26 Å². The topological polar surface area (TPSA) is 43.4 Å². The van der Waals surface area contributed by atoms with Crippen molar-refractivity contribution in [2.75, 3.05) is 5.75 Å². The molecule has 0 amide bonds. The van der Waals surface area contributed by atoms with E-state index in [-0.39, 0.29) is 5.75 Å². The molecule has 0 aliphatic rings. The molecule has 0 bridgehead atoms. The van der Waals surface area contributed by atoms with Gasteiger partial charge in [0.25, 0.3) is 0 Å². The van der Waals surface area contributed by atoms with E-state index < -0.39 is 10.1 Å². The van der Waals surface area contributed by atoms with Gasteiger partial charge in [-0.1, -0.05) is 6.58 Å². The van der Waals surface area contributed by atoms with Crippen LogP contribution in [-0.2, 0) is 14.3 Å². The van der Waals surface area contributed by atoms with Gasteiger partial charge < -0.3 is 4.18 Å². The van der Waals surface area contributed by atoms with Gasteiger partial charge in [-0.3, -0.25) is 0 Å². The van der Waals surface area contributed by atoms with Crippen molar-refractivity contribution in [3.8, 4) is 0 Å². The fourth-order valence-electron chi connectivity index (χ4n) is 0.172. The Labute approximate surface area is 49.1 Å². The Hall–Kier alpha value is -0.510. The molecule has 0 spiro atoms. The van der Waals surface area contributed by atoms with Crippen LogP contribution in [0.25, 0.3) is 0 Å². The van der Waals surface area contributed by atoms with Gasteiger partial charge in [-0.05, 0) is 6.92 Å². The second kappa shape index (κ2) is 2.71. The lowest BCUT2D eigenvalue weighted by Gasteiger charge is -1.94. The van der Waals surface area contributed by atoms with Crippen LogP contribution in [0.5, 0.6) is 0 Å². The first-order valence-corrected chi connectivity index (χ1v) is 3.72. The van der Waals surface area contributed by atoms with Crippen LogP contribution in [0.4, 0.5) is 0 Å². The van der Waals surface area contributed by atoms with E-state index in [1.807, 2.05) is 0 Å². The van der Waals surface area contributed by atoms with Crippen molar-refractivity contribution in [2.24, 2.45) is 0 Å². The molecule has 0 unspecified atom stereocenters. The molecular weight excluding hydrogens is 128 g/mol. The number of hydrogen-bond donors (Lipinski definition) is 0. The fraction of sp³-hybridized carbons (Fsp3) is 0.500. The molecule has 48 valence electrons. The quantitative estimate of drug-likeness (QED) is 0.419. The van der Waals surface area contributed by atoms with E-state index in [1.54, 1.807) is 0 Å². The van der Waals surface area contributed by atoms with E-state index in [4.69, 9.17) is 0 Å². The summed E-state index contributed by atoms with van der Waals surface area (Å²) in [6, 6.07) is 0. The minimum atomic E-state index is -3.29. The zero-order valence-corrected chi connectivity index (χ0v) is 5.44. The normalized spacial score (nSPS) is 10.6. The Kier molecular flexibility index (Phi) is 2.54. The summed E-state index contributed by atoms with van der Waals surface area (Å²) in [6.07, 6.45) is 0.902. The van der Waals surface area contributed by atoms with Crippen LogP contribution in [0, 0.1) is 0 Å². The standard InChI is InChI=1S/C4H8O3S/c1-3-7-8(5,6)4-2/h3H,1,4H2,2H3. The number of rotatable bonds is 3. The van der Waals surface area contributed by atoms with Gasteiger partial charge >= 0.3 is 10.1 Å². The molecular formula is C4H8O3S. The lowest BCUT2D eigenvalue weighted by atomic mass is 11.0. The lowest BCUT2D eigenvalue weighted by molar-refractivity contribution is 0.446. The highest BCUT2D eigenvalue weighted by atomic mass is 32.2. The van der Waals surface area contributed by atoms with Crippen molar-refractivity contribution in [3.63, 3.8) is 0 Å². The summed E-state index contributed by atoms with van der Waals surface area (Å²) in [5.74, 6) is -0.0149. The van der Waals surface area contributed by atoms with Crippen molar-refractivity contribution in [3.05, 3.63) is 12.8 Å². The van der Waals surface area contributed by atoms with Crippen molar-refractivity contribution in [1.82, 2.24) is 0 Å². The molecule has 0 aromatic heterocycles. The van der Waals surface area contributed by atoms with Crippen LogP contribution < -0.4 is 0 Å². The zero-order chi connectivity index (χ0) is 6.62. The van der Waals surface area contributed by atoms with Crippen LogP contribution in [-0.4, -0.2) is 14.2 Å². The molecule has 0 aromatic rings. The predicted octanol–water partition coefficient (Wildman–Crippen LogP) is 0.496. The molecule has 0 heterocycles. The molecule has 0 fully saturated rings. The molecule has 3 nitrogen and oxygen atoms in total. The van der Waals surface area contributed by atoms with Crippen molar-refractivity contribution >= 4 is 10.1 Å². The van der Waals surface area contributed by atoms with Crippen LogP contribution >= 0.6 is 0 Å². The van der Waals surface area contributed by atoms with Gasteiger partial charge in [-0.15, -0.1) is 0 Å². The van der Waals surface area contributed by atoms with Gasteiger partial charge in [0.2, 0.25) is 0 Å². The van der Waals surface area contributed by atoms with E-state index in [0.29, 0.717) is 0 Å². The van der Waals surface area contributed by atoms with Crippen molar-refractivity contribution < 1.29 is 12.6 Å². The molecule has 0 aromatic carbocycles. The van der Waals surface area contributed by atoms with Crippen LogP contribution in [0.2, 0.25) is 0 Å². The fourth-order valence-corrected chi connectivity index (χ4v) is 0.515. The maximum absolute atomic E-state index is 10.3. The lowest BCUT2D eigenvalue weighted by Crippen LogP contribution is -2.02. The van der Waals surface area contributed by atoms with Gasteiger partial charge in [-0.25, -0.2) is 0 Å². The molecule has 0 N–H and O–H groups in total. The second-order valence-electron chi connectivity index (χ2n) is 1.11. The third kappa shape index (κ3) is 2.63. The predicted molar refractivity (Wildman–Crippen MR) is 30.7 cm³/mol. The minimum absolute atomic E-state index is 0.0149. The van der Waals surface area contributed by atoms with Crippen LogP contribution in [0.1, 0.15) is 6.92 Å². The first-order chi connectivity index (χ1) is 3.62. The first-order valence-electron chi connectivity index (χ1n) is 2.14. The Balaban J connectivity index is 3.94. The first kappa shape index (κ1) is 7.49.